The molecule has 1 atom stereocenters. The molecule has 0 aromatic carbocycles. The van der Waals surface area contributed by atoms with Crippen molar-refractivity contribution in [1.29, 1.82) is 0 Å². The van der Waals surface area contributed by atoms with Crippen LogP contribution in [0.3, 0.4) is 0 Å². The van der Waals surface area contributed by atoms with Crippen LogP contribution in [0.15, 0.2) is 0 Å². The maximum Gasteiger partial charge on any atom is 0.150 e. The van der Waals surface area contributed by atoms with Gasteiger partial charge >= 0.3 is 0 Å². The molecule has 6 nitrogen and oxygen atoms in total. The smallest absolute Gasteiger partial charge is 0.150 e. The molecule has 2 N–H and O–H groups in total. The Hall–Kier alpha value is -1.21. The van der Waals surface area contributed by atoms with Gasteiger partial charge in [0.05, 0.1) is 17.2 Å². The number of nitrogens with zero attached hydrogens (tertiary/aromatic N) is 2. The van der Waals surface area contributed by atoms with Gasteiger partial charge in [0.2, 0.25) is 0 Å². The zero-order valence-corrected chi connectivity index (χ0v) is 14.2. The lowest BCUT2D eigenvalue weighted by molar-refractivity contribution is 0.595. The van der Waals surface area contributed by atoms with E-state index in [0.29, 0.717) is 24.0 Å². The van der Waals surface area contributed by atoms with Gasteiger partial charge in [-0.15, -0.1) is 0 Å². The van der Waals surface area contributed by atoms with Crippen molar-refractivity contribution >= 4 is 15.7 Å². The van der Waals surface area contributed by atoms with Gasteiger partial charge in [-0.3, -0.25) is 0 Å². The molecular weight excluding hydrogens is 312 g/mol. The fraction of sp³-hybridized carbons (Fsp3) is 0.750. The van der Waals surface area contributed by atoms with E-state index in [4.69, 9.17) is 9.97 Å². The van der Waals surface area contributed by atoms with Crippen molar-refractivity contribution in [1.82, 2.24) is 15.3 Å². The summed E-state index contributed by atoms with van der Waals surface area (Å²) in [4.78, 5) is 9.60. The van der Waals surface area contributed by atoms with Crippen LogP contribution in [0.25, 0.3) is 0 Å². The Morgan fingerprint density at radius 2 is 1.96 bits per heavy atom. The van der Waals surface area contributed by atoms with Gasteiger partial charge < -0.3 is 10.6 Å². The number of fused-ring (bicyclic) bond motifs is 1. The third-order valence-corrected chi connectivity index (χ3v) is 7.15. The molecule has 1 aromatic heterocycles. The van der Waals surface area contributed by atoms with E-state index in [9.17, 15) is 8.42 Å². The van der Waals surface area contributed by atoms with Crippen LogP contribution in [0, 0.1) is 5.92 Å². The van der Waals surface area contributed by atoms with E-state index >= 15 is 0 Å². The van der Waals surface area contributed by atoms with Crippen LogP contribution in [-0.2, 0) is 22.9 Å². The average Bonchev–Trinajstić information content (AvgIpc) is 3.24. The van der Waals surface area contributed by atoms with Crippen molar-refractivity contribution in [3.63, 3.8) is 0 Å². The van der Waals surface area contributed by atoms with Crippen molar-refractivity contribution in [2.24, 2.45) is 5.92 Å². The van der Waals surface area contributed by atoms with Gasteiger partial charge in [0.15, 0.2) is 9.84 Å². The number of hydrogen-bond acceptors (Lipinski definition) is 6. The van der Waals surface area contributed by atoms with Crippen LogP contribution in [0.2, 0.25) is 0 Å². The Labute approximate surface area is 137 Å². The molecule has 2 fully saturated rings. The molecule has 1 saturated heterocycles. The summed E-state index contributed by atoms with van der Waals surface area (Å²) in [5.74, 6) is 3.23. The normalized spacial score (nSPS) is 26.5. The molecule has 2 aliphatic heterocycles. The molecule has 0 spiro atoms. The summed E-state index contributed by atoms with van der Waals surface area (Å²) in [7, 11) is -2.82. The molecular formula is C16H24N4O2S. The van der Waals surface area contributed by atoms with Gasteiger partial charge in [-0.25, -0.2) is 18.4 Å². The van der Waals surface area contributed by atoms with Gasteiger partial charge in [0.1, 0.15) is 11.6 Å². The van der Waals surface area contributed by atoms with E-state index in [2.05, 4.69) is 10.6 Å². The lowest BCUT2D eigenvalue weighted by Crippen LogP contribution is -2.18. The standard InChI is InChI=1S/C16H24N4O2S/c21-23(22)6-5-11(10-23)7-18-16-13-8-17-9-14(13)19-15(20-16)12-3-1-2-4-12/h11-12,17H,1-10H2,(H,18,19,20). The third-order valence-electron chi connectivity index (χ3n) is 5.31. The molecule has 3 aliphatic rings. The Kier molecular flexibility index (Phi) is 4.01. The number of sulfone groups is 1. The van der Waals surface area contributed by atoms with Crippen LogP contribution in [-0.4, -0.2) is 36.4 Å². The summed E-state index contributed by atoms with van der Waals surface area (Å²) in [5, 5.41) is 6.78. The molecule has 1 aliphatic carbocycles. The van der Waals surface area contributed by atoms with E-state index in [1.807, 2.05) is 0 Å². The number of aromatic nitrogens is 2. The minimum Gasteiger partial charge on any atom is -0.369 e. The van der Waals surface area contributed by atoms with E-state index in [-0.39, 0.29) is 5.92 Å². The number of anilines is 1. The first kappa shape index (κ1) is 15.3. The molecule has 7 heteroatoms. The van der Waals surface area contributed by atoms with Gasteiger partial charge in [0, 0.05) is 31.1 Å². The summed E-state index contributed by atoms with van der Waals surface area (Å²) < 4.78 is 23.2. The second-order valence-electron chi connectivity index (χ2n) is 7.09. The summed E-state index contributed by atoms with van der Waals surface area (Å²) in [5.41, 5.74) is 2.27. The van der Waals surface area contributed by atoms with Crippen LogP contribution in [0.4, 0.5) is 5.82 Å². The topological polar surface area (TPSA) is 84.0 Å². The average molecular weight is 336 g/mol. The van der Waals surface area contributed by atoms with Gasteiger partial charge in [-0.1, -0.05) is 12.8 Å². The van der Waals surface area contributed by atoms with E-state index in [1.165, 1.54) is 25.7 Å². The minimum absolute atomic E-state index is 0.204. The van der Waals surface area contributed by atoms with E-state index in [1.54, 1.807) is 0 Å². The van der Waals surface area contributed by atoms with Gasteiger partial charge in [-0.2, -0.15) is 0 Å². The number of hydrogen-bond donors (Lipinski definition) is 2. The lowest BCUT2D eigenvalue weighted by atomic mass is 10.1. The Morgan fingerprint density at radius 1 is 1.13 bits per heavy atom. The molecule has 0 radical (unpaired) electrons. The van der Waals surface area contributed by atoms with Crippen LogP contribution >= 0.6 is 0 Å². The highest BCUT2D eigenvalue weighted by Gasteiger charge is 2.29. The molecule has 23 heavy (non-hydrogen) atoms. The zero-order valence-electron chi connectivity index (χ0n) is 13.3. The summed E-state index contributed by atoms with van der Waals surface area (Å²) >= 11 is 0. The predicted molar refractivity (Wildman–Crippen MR) is 89.0 cm³/mol. The Morgan fingerprint density at radius 3 is 2.70 bits per heavy atom. The molecule has 1 unspecified atom stereocenters. The lowest BCUT2D eigenvalue weighted by Gasteiger charge is -2.16. The summed E-state index contributed by atoms with van der Waals surface area (Å²) in [6, 6.07) is 0. The van der Waals surface area contributed by atoms with Crippen LogP contribution < -0.4 is 10.6 Å². The highest BCUT2D eigenvalue weighted by molar-refractivity contribution is 7.91. The summed E-state index contributed by atoms with van der Waals surface area (Å²) in [6.07, 6.45) is 5.67. The summed E-state index contributed by atoms with van der Waals surface area (Å²) in [6.45, 7) is 2.29. The number of nitrogens with one attached hydrogen (secondary N) is 2. The predicted octanol–water partition coefficient (Wildman–Crippen LogP) is 1.58. The van der Waals surface area contributed by atoms with Crippen molar-refractivity contribution in [3.05, 3.63) is 17.1 Å². The van der Waals surface area contributed by atoms with Gasteiger partial charge in [0.25, 0.3) is 0 Å². The van der Waals surface area contributed by atoms with E-state index < -0.39 is 9.84 Å². The quantitative estimate of drug-likeness (QED) is 0.868. The van der Waals surface area contributed by atoms with E-state index in [0.717, 1.165) is 42.4 Å². The molecule has 0 bridgehead atoms. The fourth-order valence-electron chi connectivity index (χ4n) is 3.97. The first-order valence-electron chi connectivity index (χ1n) is 8.65. The maximum atomic E-state index is 11.6. The SMILES string of the molecule is O=S1(=O)CCC(CNc2nc(C3CCCC3)nc3c2CNC3)C1. The van der Waals surface area contributed by atoms with Crippen molar-refractivity contribution in [2.75, 3.05) is 23.4 Å². The Bertz CT molecular complexity index is 698. The highest BCUT2D eigenvalue weighted by atomic mass is 32.2. The monoisotopic (exact) mass is 336 g/mol. The molecule has 1 aromatic rings. The van der Waals surface area contributed by atoms with Crippen LogP contribution in [0.5, 0.6) is 0 Å². The minimum atomic E-state index is -2.82. The first-order chi connectivity index (χ1) is 11.1. The second-order valence-corrected chi connectivity index (χ2v) is 9.32. The van der Waals surface area contributed by atoms with Crippen molar-refractivity contribution in [2.45, 2.75) is 51.1 Å². The van der Waals surface area contributed by atoms with Crippen LogP contribution in [0.1, 0.15) is 55.1 Å². The fourth-order valence-corrected chi connectivity index (χ4v) is 5.84. The maximum absolute atomic E-state index is 11.6. The zero-order chi connectivity index (χ0) is 15.9. The molecule has 126 valence electrons. The molecule has 0 amide bonds. The molecule has 4 rings (SSSR count). The third kappa shape index (κ3) is 3.21. The highest BCUT2D eigenvalue weighted by Crippen LogP contribution is 2.34. The Balaban J connectivity index is 1.52. The molecule has 3 heterocycles. The second kappa shape index (κ2) is 6.02. The number of rotatable bonds is 4. The van der Waals surface area contributed by atoms with Crippen molar-refractivity contribution < 1.29 is 8.42 Å². The first-order valence-corrected chi connectivity index (χ1v) is 10.5. The molecule has 1 saturated carbocycles. The van der Waals surface area contributed by atoms with Gasteiger partial charge in [-0.05, 0) is 25.2 Å². The van der Waals surface area contributed by atoms with Crippen molar-refractivity contribution in [3.8, 4) is 0 Å². The largest absolute Gasteiger partial charge is 0.369 e.